The van der Waals surface area contributed by atoms with Crippen LogP contribution in [0.2, 0.25) is 0 Å². The fourth-order valence-corrected chi connectivity index (χ4v) is 2.25. The predicted octanol–water partition coefficient (Wildman–Crippen LogP) is 0.849. The summed E-state index contributed by atoms with van der Waals surface area (Å²) in [6, 6.07) is 7.65. The number of carbonyl (C=O) groups is 2. The minimum Gasteiger partial charge on any atom is -0.480 e. The molecule has 21 heavy (non-hydrogen) atoms. The van der Waals surface area contributed by atoms with Crippen LogP contribution < -0.4 is 5.32 Å². The molecule has 6 nitrogen and oxygen atoms in total. The van der Waals surface area contributed by atoms with E-state index in [1.54, 1.807) is 24.3 Å². The van der Waals surface area contributed by atoms with Gasteiger partial charge in [0.15, 0.2) is 0 Å². The monoisotopic (exact) mass is 288 g/mol. The fraction of sp³-hybridized carbons (Fsp3) is 0.400. The highest BCUT2D eigenvalue weighted by Crippen LogP contribution is 2.13. The van der Waals surface area contributed by atoms with Gasteiger partial charge in [-0.25, -0.2) is 4.79 Å². The van der Waals surface area contributed by atoms with Crippen molar-refractivity contribution in [3.8, 4) is 6.07 Å². The maximum atomic E-state index is 11.9. The molecule has 6 heteroatoms. The Balaban J connectivity index is 2.03. The van der Waals surface area contributed by atoms with E-state index in [0.717, 1.165) is 6.42 Å². The second-order valence-electron chi connectivity index (χ2n) is 4.92. The summed E-state index contributed by atoms with van der Waals surface area (Å²) in [5.41, 5.74) is 1.15. The molecule has 1 aromatic carbocycles. The number of ether oxygens (including phenoxy) is 1. The number of hydrogen-bond donors (Lipinski definition) is 2. The molecule has 0 aromatic heterocycles. The van der Waals surface area contributed by atoms with E-state index < -0.39 is 24.0 Å². The van der Waals surface area contributed by atoms with Crippen molar-refractivity contribution in [2.45, 2.75) is 31.4 Å². The van der Waals surface area contributed by atoms with Gasteiger partial charge >= 0.3 is 5.97 Å². The zero-order chi connectivity index (χ0) is 15.2. The van der Waals surface area contributed by atoms with Gasteiger partial charge in [-0.15, -0.1) is 0 Å². The molecule has 0 radical (unpaired) electrons. The Morgan fingerprint density at radius 1 is 1.52 bits per heavy atom. The Kier molecular flexibility index (Phi) is 4.90. The Morgan fingerprint density at radius 2 is 2.33 bits per heavy atom. The van der Waals surface area contributed by atoms with E-state index in [-0.39, 0.29) is 6.42 Å². The SMILES string of the molecule is N#Cc1cccc(C[C@@H](NC(=O)[C@@H]2CCCO2)C(=O)O)c1. The van der Waals surface area contributed by atoms with Gasteiger partial charge in [0.2, 0.25) is 5.91 Å². The largest absolute Gasteiger partial charge is 0.480 e. The van der Waals surface area contributed by atoms with E-state index in [0.29, 0.717) is 24.2 Å². The average molecular weight is 288 g/mol. The lowest BCUT2D eigenvalue weighted by atomic mass is 10.0. The number of carboxylic acid groups (broad SMARTS) is 1. The summed E-state index contributed by atoms with van der Waals surface area (Å²) in [5, 5.41) is 20.6. The summed E-state index contributed by atoms with van der Waals surface area (Å²) < 4.78 is 5.23. The molecule has 0 unspecified atom stereocenters. The molecule has 1 fully saturated rings. The van der Waals surface area contributed by atoms with E-state index in [1.165, 1.54) is 0 Å². The maximum Gasteiger partial charge on any atom is 0.326 e. The Hall–Kier alpha value is -2.39. The summed E-state index contributed by atoms with van der Waals surface area (Å²) >= 11 is 0. The zero-order valence-electron chi connectivity index (χ0n) is 11.4. The van der Waals surface area contributed by atoms with Crippen LogP contribution in [0.1, 0.15) is 24.0 Å². The molecule has 2 atom stereocenters. The second kappa shape index (κ2) is 6.86. The van der Waals surface area contributed by atoms with Gasteiger partial charge in [-0.3, -0.25) is 4.79 Å². The molecule has 2 N–H and O–H groups in total. The van der Waals surface area contributed by atoms with Gasteiger partial charge < -0.3 is 15.2 Å². The number of nitriles is 1. The second-order valence-corrected chi connectivity index (χ2v) is 4.92. The molecule has 0 aliphatic carbocycles. The minimum atomic E-state index is -1.11. The molecule has 1 saturated heterocycles. The number of benzene rings is 1. The molecule has 0 bridgehead atoms. The Morgan fingerprint density at radius 3 is 2.95 bits per heavy atom. The third-order valence-electron chi connectivity index (χ3n) is 3.33. The number of aliphatic carboxylic acids is 1. The van der Waals surface area contributed by atoms with Crippen molar-refractivity contribution in [1.82, 2.24) is 5.32 Å². The molecular formula is C15H16N2O4. The lowest BCUT2D eigenvalue weighted by molar-refractivity contribution is -0.143. The summed E-state index contributed by atoms with van der Waals surface area (Å²) in [6.45, 7) is 0.528. The molecule has 0 saturated carbocycles. The summed E-state index contributed by atoms with van der Waals surface area (Å²) in [4.78, 5) is 23.2. The first kappa shape index (κ1) is 15.0. The lowest BCUT2D eigenvalue weighted by Gasteiger charge is -2.17. The van der Waals surface area contributed by atoms with Crippen LogP contribution in [-0.4, -0.2) is 35.7 Å². The highest BCUT2D eigenvalue weighted by Gasteiger charge is 2.28. The quantitative estimate of drug-likeness (QED) is 0.836. The van der Waals surface area contributed by atoms with Crippen molar-refractivity contribution in [2.24, 2.45) is 0 Å². The van der Waals surface area contributed by atoms with Crippen molar-refractivity contribution in [3.05, 3.63) is 35.4 Å². The lowest BCUT2D eigenvalue weighted by Crippen LogP contribution is -2.46. The van der Waals surface area contributed by atoms with Gasteiger partial charge in [-0.05, 0) is 30.5 Å². The minimum absolute atomic E-state index is 0.128. The van der Waals surface area contributed by atoms with Gasteiger partial charge in [-0.2, -0.15) is 5.26 Å². The predicted molar refractivity (Wildman–Crippen MR) is 73.4 cm³/mol. The van der Waals surface area contributed by atoms with E-state index >= 15 is 0 Å². The van der Waals surface area contributed by atoms with Crippen LogP contribution in [0.3, 0.4) is 0 Å². The Labute approximate surface area is 122 Å². The molecule has 2 rings (SSSR count). The van der Waals surface area contributed by atoms with Crippen LogP contribution >= 0.6 is 0 Å². The normalized spacial score (nSPS) is 18.7. The molecule has 1 heterocycles. The maximum absolute atomic E-state index is 11.9. The molecule has 1 aromatic rings. The van der Waals surface area contributed by atoms with Crippen molar-refractivity contribution in [1.29, 1.82) is 5.26 Å². The number of nitrogens with one attached hydrogen (secondary N) is 1. The number of rotatable bonds is 5. The first-order valence-electron chi connectivity index (χ1n) is 6.74. The highest BCUT2D eigenvalue weighted by atomic mass is 16.5. The summed E-state index contributed by atoms with van der Waals surface area (Å²) in [5.74, 6) is -1.50. The smallest absolute Gasteiger partial charge is 0.326 e. The number of nitrogens with zero attached hydrogens (tertiary/aromatic N) is 1. The average Bonchev–Trinajstić information content (AvgIpc) is 3.01. The summed E-state index contributed by atoms with van der Waals surface area (Å²) in [7, 11) is 0. The molecule has 110 valence electrons. The van der Waals surface area contributed by atoms with E-state index in [4.69, 9.17) is 10.00 Å². The van der Waals surface area contributed by atoms with Crippen molar-refractivity contribution < 1.29 is 19.4 Å². The van der Waals surface area contributed by atoms with E-state index in [2.05, 4.69) is 5.32 Å². The van der Waals surface area contributed by atoms with Gasteiger partial charge in [0.1, 0.15) is 12.1 Å². The number of amides is 1. The third kappa shape index (κ3) is 4.04. The van der Waals surface area contributed by atoms with Gasteiger partial charge in [0, 0.05) is 13.0 Å². The molecule has 0 spiro atoms. The molecule has 1 aliphatic rings. The van der Waals surface area contributed by atoms with E-state index in [9.17, 15) is 14.7 Å². The van der Waals surface area contributed by atoms with Crippen molar-refractivity contribution in [3.63, 3.8) is 0 Å². The molecule has 1 aliphatic heterocycles. The third-order valence-corrected chi connectivity index (χ3v) is 3.33. The number of carboxylic acids is 1. The first-order valence-corrected chi connectivity index (χ1v) is 6.74. The van der Waals surface area contributed by atoms with Crippen LogP contribution in [0.25, 0.3) is 0 Å². The first-order chi connectivity index (χ1) is 10.1. The number of hydrogen-bond acceptors (Lipinski definition) is 4. The van der Waals surface area contributed by atoms with Crippen LogP contribution in [-0.2, 0) is 20.7 Å². The van der Waals surface area contributed by atoms with Gasteiger partial charge in [-0.1, -0.05) is 12.1 Å². The van der Waals surface area contributed by atoms with Crippen molar-refractivity contribution >= 4 is 11.9 Å². The summed E-state index contributed by atoms with van der Waals surface area (Å²) in [6.07, 6.45) is 0.989. The molecule has 1 amide bonds. The van der Waals surface area contributed by atoms with Gasteiger partial charge in [0.05, 0.1) is 11.6 Å². The van der Waals surface area contributed by atoms with Crippen LogP contribution in [0.4, 0.5) is 0 Å². The van der Waals surface area contributed by atoms with Crippen LogP contribution in [0, 0.1) is 11.3 Å². The standard InChI is InChI=1S/C15H16N2O4/c16-9-11-4-1-3-10(7-11)8-12(15(19)20)17-14(18)13-5-2-6-21-13/h1,3-4,7,12-13H,2,5-6,8H2,(H,17,18)(H,19,20)/t12-,13+/m1/s1. The topological polar surface area (TPSA) is 99.4 Å². The highest BCUT2D eigenvalue weighted by molar-refractivity contribution is 5.86. The van der Waals surface area contributed by atoms with Gasteiger partial charge in [0.25, 0.3) is 0 Å². The zero-order valence-corrected chi connectivity index (χ0v) is 11.4. The van der Waals surface area contributed by atoms with Crippen LogP contribution in [0.15, 0.2) is 24.3 Å². The van der Waals surface area contributed by atoms with Crippen molar-refractivity contribution in [2.75, 3.05) is 6.61 Å². The van der Waals surface area contributed by atoms with Crippen LogP contribution in [0.5, 0.6) is 0 Å². The van der Waals surface area contributed by atoms with E-state index in [1.807, 2.05) is 6.07 Å². The fourth-order valence-electron chi connectivity index (χ4n) is 2.25. The Bertz CT molecular complexity index is 573. The number of carbonyl (C=O) groups excluding carboxylic acids is 1. The molecular weight excluding hydrogens is 272 g/mol.